The molecule has 4 nitrogen and oxygen atoms in total. The van der Waals surface area contributed by atoms with E-state index in [1.54, 1.807) is 0 Å². The highest BCUT2D eigenvalue weighted by Crippen LogP contribution is 2.30. The van der Waals surface area contributed by atoms with Crippen LogP contribution in [0.4, 0.5) is 0 Å². The number of carbonyl (C=O) groups excluding carboxylic acids is 1. The van der Waals surface area contributed by atoms with Gasteiger partial charge < -0.3 is 14.8 Å². The van der Waals surface area contributed by atoms with Crippen LogP contribution in [0.25, 0.3) is 5.69 Å². The third-order valence-corrected chi connectivity index (χ3v) is 8.22. The number of rotatable bonds is 8. The number of nitrogens with zero attached hydrogens (tertiary/aromatic N) is 2. The van der Waals surface area contributed by atoms with E-state index in [0.29, 0.717) is 0 Å². The Morgan fingerprint density at radius 3 is 2.50 bits per heavy atom. The Hall–Kier alpha value is -2.85. The Morgan fingerprint density at radius 1 is 1.00 bits per heavy atom. The summed E-state index contributed by atoms with van der Waals surface area (Å²) >= 11 is 0. The third-order valence-electron chi connectivity index (χ3n) is 8.22. The molecule has 0 radical (unpaired) electrons. The van der Waals surface area contributed by atoms with E-state index in [9.17, 15) is 4.79 Å². The van der Waals surface area contributed by atoms with Crippen LogP contribution in [-0.4, -0.2) is 41.6 Å². The van der Waals surface area contributed by atoms with Crippen molar-refractivity contribution in [2.45, 2.75) is 58.8 Å². The first kappa shape index (κ1) is 24.8. The number of nitrogens with one attached hydrogen (secondary N) is 1. The number of hydrogen-bond acceptors (Lipinski definition) is 2. The highest BCUT2D eigenvalue weighted by atomic mass is 16.1. The van der Waals surface area contributed by atoms with Crippen molar-refractivity contribution >= 4 is 5.91 Å². The number of benzene rings is 2. The number of aryl methyl sites for hydroxylation is 1. The zero-order valence-corrected chi connectivity index (χ0v) is 22.0. The fourth-order valence-corrected chi connectivity index (χ4v) is 6.16. The second kappa shape index (κ2) is 11.5. The topological polar surface area (TPSA) is 37.3 Å². The summed E-state index contributed by atoms with van der Waals surface area (Å²) in [7, 11) is 0. The maximum atomic E-state index is 12.7. The Bertz CT molecular complexity index is 1140. The van der Waals surface area contributed by atoms with E-state index in [1.165, 1.54) is 67.7 Å². The molecule has 1 aromatic heterocycles. The molecule has 1 atom stereocenters. The summed E-state index contributed by atoms with van der Waals surface area (Å²) in [6.45, 7) is 8.68. The number of hydrogen-bond donors (Lipinski definition) is 1. The Morgan fingerprint density at radius 2 is 1.75 bits per heavy atom. The first-order chi connectivity index (χ1) is 17.6. The van der Waals surface area contributed by atoms with Crippen LogP contribution < -0.4 is 5.32 Å². The van der Waals surface area contributed by atoms with Gasteiger partial charge in [0.25, 0.3) is 5.91 Å². The predicted octanol–water partition coefficient (Wildman–Crippen LogP) is 5.99. The molecule has 2 aliphatic rings. The number of amides is 1. The zero-order chi connectivity index (χ0) is 24.9. The molecule has 2 heterocycles. The Kier molecular flexibility index (Phi) is 7.91. The average molecular weight is 484 g/mol. The van der Waals surface area contributed by atoms with E-state index in [1.807, 2.05) is 12.1 Å². The Balaban J connectivity index is 1.05. The lowest BCUT2D eigenvalue weighted by Gasteiger charge is -2.32. The fraction of sp³-hybridized carbons (Fsp3) is 0.469. The SMILES string of the molecule is Cc1cc2c(n1-c1ccc(C(=O)NCCCN3CCC(Cc4ccccc4)CC3)cc1)CC[C@@H](C)C2. The van der Waals surface area contributed by atoms with Gasteiger partial charge in [-0.15, -0.1) is 0 Å². The lowest BCUT2D eigenvalue weighted by atomic mass is 9.89. The largest absolute Gasteiger partial charge is 0.352 e. The molecule has 5 rings (SSSR count). The van der Waals surface area contributed by atoms with E-state index >= 15 is 0 Å². The molecular formula is C32H41N3O. The van der Waals surface area contributed by atoms with E-state index in [0.717, 1.165) is 49.0 Å². The van der Waals surface area contributed by atoms with Crippen molar-refractivity contribution in [1.29, 1.82) is 0 Å². The fourth-order valence-electron chi connectivity index (χ4n) is 6.16. The summed E-state index contributed by atoms with van der Waals surface area (Å²) in [5, 5.41) is 3.13. The van der Waals surface area contributed by atoms with Crippen LogP contribution in [0.1, 0.15) is 65.5 Å². The number of piperidine rings is 1. The molecule has 1 fully saturated rings. The standard InChI is InChI=1S/C32H41N3O/c1-24-9-14-31-29(21-24)22-25(2)35(31)30-12-10-28(11-13-30)32(36)33-17-6-18-34-19-15-27(16-20-34)23-26-7-4-3-5-8-26/h3-5,7-8,10-13,22,24,27H,6,9,14-21,23H2,1-2H3,(H,33,36)/t24-/m1/s1. The molecule has 36 heavy (non-hydrogen) atoms. The minimum absolute atomic E-state index is 0.0307. The maximum Gasteiger partial charge on any atom is 0.251 e. The van der Waals surface area contributed by atoms with Crippen molar-refractivity contribution in [3.63, 3.8) is 0 Å². The van der Waals surface area contributed by atoms with Crippen LogP contribution in [0, 0.1) is 18.8 Å². The van der Waals surface area contributed by atoms with Crippen molar-refractivity contribution < 1.29 is 4.79 Å². The van der Waals surface area contributed by atoms with Gasteiger partial charge in [0.15, 0.2) is 0 Å². The molecule has 3 aromatic rings. The third kappa shape index (κ3) is 5.92. The number of aromatic nitrogens is 1. The molecule has 1 aliphatic carbocycles. The minimum Gasteiger partial charge on any atom is -0.352 e. The van der Waals surface area contributed by atoms with Crippen molar-refractivity contribution in [3.8, 4) is 5.69 Å². The molecule has 0 saturated carbocycles. The van der Waals surface area contributed by atoms with Crippen LogP contribution in [0.5, 0.6) is 0 Å². The maximum absolute atomic E-state index is 12.7. The predicted molar refractivity (Wildman–Crippen MR) is 148 cm³/mol. The highest BCUT2D eigenvalue weighted by molar-refractivity contribution is 5.94. The first-order valence-corrected chi connectivity index (χ1v) is 13.9. The molecule has 1 amide bonds. The molecule has 1 aliphatic heterocycles. The number of carbonyl (C=O) groups is 1. The van der Waals surface area contributed by atoms with E-state index in [4.69, 9.17) is 0 Å². The van der Waals surface area contributed by atoms with Gasteiger partial charge in [0.1, 0.15) is 0 Å². The van der Waals surface area contributed by atoms with Gasteiger partial charge in [-0.05, 0) is 125 Å². The van der Waals surface area contributed by atoms with E-state index in [-0.39, 0.29) is 5.91 Å². The summed E-state index contributed by atoms with van der Waals surface area (Å²) < 4.78 is 2.38. The minimum atomic E-state index is 0.0307. The quantitative estimate of drug-likeness (QED) is 0.400. The summed E-state index contributed by atoms with van der Waals surface area (Å²) in [6.07, 6.45) is 8.32. The first-order valence-electron chi connectivity index (χ1n) is 13.9. The monoisotopic (exact) mass is 483 g/mol. The normalized spacial score (nSPS) is 18.7. The van der Waals surface area contributed by atoms with Gasteiger partial charge in [0.2, 0.25) is 0 Å². The van der Waals surface area contributed by atoms with Gasteiger partial charge in [0.05, 0.1) is 0 Å². The van der Waals surface area contributed by atoms with Gasteiger partial charge in [-0.3, -0.25) is 4.79 Å². The molecule has 0 spiro atoms. The molecule has 2 aromatic carbocycles. The molecule has 4 heteroatoms. The van der Waals surface area contributed by atoms with E-state index in [2.05, 4.69) is 77.2 Å². The van der Waals surface area contributed by atoms with Crippen molar-refractivity contribution in [2.75, 3.05) is 26.2 Å². The number of likely N-dealkylation sites (tertiary alicyclic amines) is 1. The summed E-state index contributed by atoms with van der Waals surface area (Å²) in [6, 6.07) is 21.4. The van der Waals surface area contributed by atoms with Crippen molar-refractivity contribution in [1.82, 2.24) is 14.8 Å². The van der Waals surface area contributed by atoms with Gasteiger partial charge in [-0.2, -0.15) is 0 Å². The van der Waals surface area contributed by atoms with Gasteiger partial charge in [0, 0.05) is 29.2 Å². The van der Waals surface area contributed by atoms with Crippen LogP contribution in [0.2, 0.25) is 0 Å². The van der Waals surface area contributed by atoms with Gasteiger partial charge in [-0.25, -0.2) is 0 Å². The molecule has 1 saturated heterocycles. The molecular weight excluding hydrogens is 442 g/mol. The van der Waals surface area contributed by atoms with Crippen LogP contribution in [0.3, 0.4) is 0 Å². The average Bonchev–Trinajstić information content (AvgIpc) is 3.22. The zero-order valence-electron chi connectivity index (χ0n) is 22.0. The van der Waals surface area contributed by atoms with Crippen molar-refractivity contribution in [2.24, 2.45) is 11.8 Å². The molecule has 0 unspecified atom stereocenters. The lowest BCUT2D eigenvalue weighted by Crippen LogP contribution is -2.36. The van der Waals surface area contributed by atoms with Crippen LogP contribution in [-0.2, 0) is 19.3 Å². The van der Waals surface area contributed by atoms with Gasteiger partial charge in [-0.1, -0.05) is 37.3 Å². The van der Waals surface area contributed by atoms with Crippen molar-refractivity contribution in [3.05, 3.63) is 88.7 Å². The van der Waals surface area contributed by atoms with Crippen LogP contribution >= 0.6 is 0 Å². The summed E-state index contributed by atoms with van der Waals surface area (Å²) in [5.74, 6) is 1.60. The number of fused-ring (bicyclic) bond motifs is 1. The Labute approximate surface area is 216 Å². The van der Waals surface area contributed by atoms with Gasteiger partial charge >= 0.3 is 0 Å². The highest BCUT2D eigenvalue weighted by Gasteiger charge is 2.22. The molecule has 190 valence electrons. The molecule has 0 bridgehead atoms. The lowest BCUT2D eigenvalue weighted by molar-refractivity contribution is 0.0950. The second-order valence-electron chi connectivity index (χ2n) is 11.1. The smallest absolute Gasteiger partial charge is 0.251 e. The summed E-state index contributed by atoms with van der Waals surface area (Å²) in [5.41, 5.74) is 7.60. The second-order valence-corrected chi connectivity index (χ2v) is 11.1. The molecule has 1 N–H and O–H groups in total. The summed E-state index contributed by atoms with van der Waals surface area (Å²) in [4.78, 5) is 15.3. The van der Waals surface area contributed by atoms with Crippen LogP contribution in [0.15, 0.2) is 60.7 Å². The van der Waals surface area contributed by atoms with E-state index < -0.39 is 0 Å².